The van der Waals surface area contributed by atoms with Gasteiger partial charge < -0.3 is 20.3 Å². The van der Waals surface area contributed by atoms with E-state index in [1.165, 1.54) is 0 Å². The van der Waals surface area contributed by atoms with Crippen molar-refractivity contribution in [3.05, 3.63) is 0 Å². The smallest absolute Gasteiger partial charge is 0.222 e. The van der Waals surface area contributed by atoms with E-state index in [0.29, 0.717) is 19.6 Å². The molecule has 5 nitrogen and oxygen atoms in total. The number of ether oxygens (including phenoxy) is 1. The molecule has 0 rings (SSSR count). The Labute approximate surface area is 124 Å². The lowest BCUT2D eigenvalue weighted by Crippen LogP contribution is -2.35. The zero-order valence-electron chi connectivity index (χ0n) is 13.6. The van der Waals surface area contributed by atoms with Crippen molar-refractivity contribution in [3.8, 4) is 0 Å². The van der Waals surface area contributed by atoms with Crippen LogP contribution in [0.25, 0.3) is 0 Å². The first kappa shape index (κ1) is 19.4. The van der Waals surface area contributed by atoms with E-state index in [1.807, 2.05) is 4.90 Å². The molecule has 0 radical (unpaired) electrons. The highest BCUT2D eigenvalue weighted by Crippen LogP contribution is 2.06. The number of carbonyl (C=O) groups is 1. The maximum atomic E-state index is 12.2. The second kappa shape index (κ2) is 13.3. The van der Waals surface area contributed by atoms with E-state index >= 15 is 0 Å². The van der Waals surface area contributed by atoms with Gasteiger partial charge in [-0.1, -0.05) is 12.8 Å². The van der Waals surface area contributed by atoms with Crippen molar-refractivity contribution < 1.29 is 9.53 Å². The van der Waals surface area contributed by atoms with Crippen molar-refractivity contribution in [1.82, 2.24) is 9.80 Å². The average Bonchev–Trinajstić information content (AvgIpc) is 2.41. The third-order valence-corrected chi connectivity index (χ3v) is 3.30. The molecule has 0 unspecified atom stereocenters. The molecule has 2 N–H and O–H groups in total. The van der Waals surface area contributed by atoms with Crippen molar-refractivity contribution in [2.24, 2.45) is 5.73 Å². The summed E-state index contributed by atoms with van der Waals surface area (Å²) >= 11 is 0. The third-order valence-electron chi connectivity index (χ3n) is 3.30. The predicted molar refractivity (Wildman–Crippen MR) is 83.8 cm³/mol. The molecule has 0 aliphatic heterocycles. The van der Waals surface area contributed by atoms with Crippen molar-refractivity contribution in [2.75, 3.05) is 54.0 Å². The second-order valence-corrected chi connectivity index (χ2v) is 5.48. The summed E-state index contributed by atoms with van der Waals surface area (Å²) in [6.07, 6.45) is 5.91. The fourth-order valence-corrected chi connectivity index (χ4v) is 2.07. The van der Waals surface area contributed by atoms with Gasteiger partial charge in [-0.3, -0.25) is 4.79 Å². The van der Waals surface area contributed by atoms with Gasteiger partial charge in [0.25, 0.3) is 0 Å². The standard InChI is InChI=1S/C15H33N3O2/c1-17(2)11-8-12-18(13-14-20-3)15(19)9-6-4-5-7-10-16/h4-14,16H2,1-3H3. The van der Waals surface area contributed by atoms with Gasteiger partial charge in [-0.05, 0) is 46.4 Å². The highest BCUT2D eigenvalue weighted by molar-refractivity contribution is 5.76. The van der Waals surface area contributed by atoms with Gasteiger partial charge in [0.1, 0.15) is 0 Å². The topological polar surface area (TPSA) is 58.8 Å². The quantitative estimate of drug-likeness (QED) is 0.519. The summed E-state index contributed by atoms with van der Waals surface area (Å²) in [5.74, 6) is 0.258. The van der Waals surface area contributed by atoms with Crippen molar-refractivity contribution in [1.29, 1.82) is 0 Å². The van der Waals surface area contributed by atoms with Crippen LogP contribution in [0.15, 0.2) is 0 Å². The van der Waals surface area contributed by atoms with Gasteiger partial charge in [-0.25, -0.2) is 0 Å². The number of amides is 1. The molecule has 0 aromatic rings. The van der Waals surface area contributed by atoms with E-state index in [1.54, 1.807) is 7.11 Å². The van der Waals surface area contributed by atoms with Crippen LogP contribution < -0.4 is 5.73 Å². The maximum absolute atomic E-state index is 12.2. The lowest BCUT2D eigenvalue weighted by atomic mass is 10.1. The Kier molecular flexibility index (Phi) is 12.9. The first-order valence-corrected chi connectivity index (χ1v) is 7.73. The summed E-state index contributed by atoms with van der Waals surface area (Å²) in [7, 11) is 5.78. The molecule has 120 valence electrons. The molecule has 0 heterocycles. The number of hydrogen-bond acceptors (Lipinski definition) is 4. The van der Waals surface area contributed by atoms with Crippen LogP contribution in [0.3, 0.4) is 0 Å². The lowest BCUT2D eigenvalue weighted by Gasteiger charge is -2.23. The highest BCUT2D eigenvalue weighted by atomic mass is 16.5. The zero-order valence-corrected chi connectivity index (χ0v) is 13.6. The van der Waals surface area contributed by atoms with Crippen LogP contribution in [0, 0.1) is 0 Å². The SMILES string of the molecule is COCCN(CCCN(C)C)C(=O)CCCCCCN. The first-order chi connectivity index (χ1) is 9.61. The minimum Gasteiger partial charge on any atom is -0.383 e. The minimum absolute atomic E-state index is 0.258. The monoisotopic (exact) mass is 287 g/mol. The molecular formula is C15H33N3O2. The number of carbonyl (C=O) groups excluding carboxylic acids is 1. The Morgan fingerprint density at radius 1 is 1.00 bits per heavy atom. The maximum Gasteiger partial charge on any atom is 0.222 e. The Morgan fingerprint density at radius 2 is 1.70 bits per heavy atom. The van der Waals surface area contributed by atoms with E-state index in [2.05, 4.69) is 19.0 Å². The van der Waals surface area contributed by atoms with Crippen LogP contribution >= 0.6 is 0 Å². The molecule has 0 aliphatic carbocycles. The Balaban J connectivity index is 3.93. The predicted octanol–water partition coefficient (Wildman–Crippen LogP) is 1.32. The molecule has 20 heavy (non-hydrogen) atoms. The van der Waals surface area contributed by atoms with Gasteiger partial charge in [0.15, 0.2) is 0 Å². The number of nitrogens with zero attached hydrogens (tertiary/aromatic N) is 2. The van der Waals surface area contributed by atoms with E-state index < -0.39 is 0 Å². The summed E-state index contributed by atoms with van der Waals surface area (Å²) in [6, 6.07) is 0. The van der Waals surface area contributed by atoms with Crippen LogP contribution in [0.5, 0.6) is 0 Å². The largest absolute Gasteiger partial charge is 0.383 e. The molecule has 0 saturated carbocycles. The molecule has 0 aromatic heterocycles. The fraction of sp³-hybridized carbons (Fsp3) is 0.933. The van der Waals surface area contributed by atoms with Crippen LogP contribution in [-0.4, -0.2) is 69.7 Å². The van der Waals surface area contributed by atoms with Crippen LogP contribution in [0.2, 0.25) is 0 Å². The normalized spacial score (nSPS) is 11.1. The van der Waals surface area contributed by atoms with Gasteiger partial charge in [0, 0.05) is 26.6 Å². The number of rotatable bonds is 13. The molecule has 0 fully saturated rings. The van der Waals surface area contributed by atoms with Gasteiger partial charge in [0.2, 0.25) is 5.91 Å². The average molecular weight is 287 g/mol. The van der Waals surface area contributed by atoms with Crippen molar-refractivity contribution in [3.63, 3.8) is 0 Å². The Morgan fingerprint density at radius 3 is 2.30 bits per heavy atom. The highest BCUT2D eigenvalue weighted by Gasteiger charge is 2.12. The van der Waals surface area contributed by atoms with Gasteiger partial charge in [-0.15, -0.1) is 0 Å². The molecule has 0 spiro atoms. The van der Waals surface area contributed by atoms with Gasteiger partial charge >= 0.3 is 0 Å². The van der Waals surface area contributed by atoms with E-state index in [0.717, 1.165) is 51.7 Å². The number of methoxy groups -OCH3 is 1. The molecule has 0 aromatic carbocycles. The first-order valence-electron chi connectivity index (χ1n) is 7.73. The second-order valence-electron chi connectivity index (χ2n) is 5.48. The van der Waals surface area contributed by atoms with E-state index in [4.69, 9.17) is 10.5 Å². The third kappa shape index (κ3) is 11.2. The molecule has 0 atom stereocenters. The number of hydrogen-bond donors (Lipinski definition) is 1. The summed E-state index contributed by atoms with van der Waals surface area (Å²) in [5.41, 5.74) is 5.46. The Bertz CT molecular complexity index is 235. The number of unbranched alkanes of at least 4 members (excludes halogenated alkanes) is 3. The molecule has 0 aliphatic rings. The molecule has 5 heteroatoms. The molecule has 0 saturated heterocycles. The van der Waals surface area contributed by atoms with E-state index in [9.17, 15) is 4.79 Å². The number of nitrogens with two attached hydrogens (primary N) is 1. The summed E-state index contributed by atoms with van der Waals surface area (Å²) < 4.78 is 5.09. The van der Waals surface area contributed by atoms with Crippen molar-refractivity contribution >= 4 is 5.91 Å². The zero-order chi connectivity index (χ0) is 15.2. The van der Waals surface area contributed by atoms with Gasteiger partial charge in [-0.2, -0.15) is 0 Å². The fourth-order valence-electron chi connectivity index (χ4n) is 2.07. The molecule has 0 bridgehead atoms. The van der Waals surface area contributed by atoms with E-state index in [-0.39, 0.29) is 5.91 Å². The summed E-state index contributed by atoms with van der Waals surface area (Å²) in [5, 5.41) is 0. The minimum atomic E-state index is 0.258. The van der Waals surface area contributed by atoms with Crippen molar-refractivity contribution in [2.45, 2.75) is 38.5 Å². The van der Waals surface area contributed by atoms with Gasteiger partial charge in [0.05, 0.1) is 6.61 Å². The summed E-state index contributed by atoms with van der Waals surface area (Å²) in [4.78, 5) is 16.3. The van der Waals surface area contributed by atoms with Crippen LogP contribution in [0.1, 0.15) is 38.5 Å². The lowest BCUT2D eigenvalue weighted by molar-refractivity contribution is -0.132. The van der Waals surface area contributed by atoms with Crippen LogP contribution in [0.4, 0.5) is 0 Å². The molecular weight excluding hydrogens is 254 g/mol. The molecule has 1 amide bonds. The summed E-state index contributed by atoms with van der Waals surface area (Å²) in [6.45, 7) is 3.89. The van der Waals surface area contributed by atoms with Crippen LogP contribution in [-0.2, 0) is 9.53 Å². The Hall–Kier alpha value is -0.650.